The van der Waals surface area contributed by atoms with Crippen molar-refractivity contribution >= 4 is 0 Å². The molecule has 1 aliphatic heterocycles. The van der Waals surface area contributed by atoms with E-state index in [1.165, 1.54) is 30.4 Å². The van der Waals surface area contributed by atoms with Crippen LogP contribution in [0.15, 0.2) is 48.5 Å². The van der Waals surface area contributed by atoms with Gasteiger partial charge in [-0.2, -0.15) is 5.26 Å². The lowest BCUT2D eigenvalue weighted by molar-refractivity contribution is 0.157. The molecule has 2 aromatic rings. The van der Waals surface area contributed by atoms with E-state index < -0.39 is 0 Å². The van der Waals surface area contributed by atoms with Gasteiger partial charge in [-0.3, -0.25) is 4.90 Å². The summed E-state index contributed by atoms with van der Waals surface area (Å²) in [6.07, 6.45) is 3.86. The Labute approximate surface area is 156 Å². The molecule has 1 saturated heterocycles. The maximum atomic E-state index is 8.91. The van der Waals surface area contributed by atoms with Gasteiger partial charge in [-0.1, -0.05) is 36.8 Å². The molecule has 0 bridgehead atoms. The lowest BCUT2D eigenvalue weighted by Gasteiger charge is -2.35. The summed E-state index contributed by atoms with van der Waals surface area (Å²) in [7, 11) is 1.75. The topological polar surface area (TPSA) is 48.3 Å². The van der Waals surface area contributed by atoms with E-state index in [0.29, 0.717) is 11.6 Å². The number of hydrogen-bond donors (Lipinski definition) is 1. The van der Waals surface area contributed by atoms with Crippen LogP contribution in [0.2, 0.25) is 0 Å². The number of hydrogen-bond acceptors (Lipinski definition) is 4. The first-order chi connectivity index (χ1) is 12.8. The van der Waals surface area contributed by atoms with Crippen molar-refractivity contribution in [3.8, 4) is 11.8 Å². The smallest absolute Gasteiger partial charge is 0.123 e. The van der Waals surface area contributed by atoms with Gasteiger partial charge in [0.2, 0.25) is 0 Å². The highest BCUT2D eigenvalue weighted by molar-refractivity contribution is 5.36. The standard InChI is InChI=1S/C22H27N3O/c1-26-22-8-4-3-7-20(22)21(25-13-5-2-6-14-25)17-24-16-19-11-9-18(15-23)10-12-19/h3-4,7-12,21,24H,2,5-6,13-14,16-17H2,1H3. The van der Waals surface area contributed by atoms with Crippen molar-refractivity contribution in [3.63, 3.8) is 0 Å². The van der Waals surface area contributed by atoms with Crippen LogP contribution in [0.5, 0.6) is 5.75 Å². The molecule has 1 N–H and O–H groups in total. The van der Waals surface area contributed by atoms with Crippen molar-refractivity contribution in [2.45, 2.75) is 31.8 Å². The molecule has 3 rings (SSSR count). The predicted molar refractivity (Wildman–Crippen MR) is 104 cm³/mol. The molecule has 1 atom stereocenters. The van der Waals surface area contributed by atoms with Crippen molar-refractivity contribution in [2.75, 3.05) is 26.7 Å². The van der Waals surface area contributed by atoms with Crippen LogP contribution in [0.1, 0.15) is 42.0 Å². The van der Waals surface area contributed by atoms with E-state index in [0.717, 1.165) is 31.9 Å². The molecule has 1 aliphatic rings. The number of ether oxygens (including phenoxy) is 1. The third-order valence-corrected chi connectivity index (χ3v) is 5.08. The molecule has 0 aliphatic carbocycles. The molecule has 0 amide bonds. The summed E-state index contributed by atoms with van der Waals surface area (Å²) in [4.78, 5) is 2.58. The summed E-state index contributed by atoms with van der Waals surface area (Å²) in [5, 5.41) is 12.5. The average Bonchev–Trinajstić information content (AvgIpc) is 2.72. The number of piperidine rings is 1. The van der Waals surface area contributed by atoms with Gasteiger partial charge < -0.3 is 10.1 Å². The molecular formula is C22H27N3O. The summed E-state index contributed by atoms with van der Waals surface area (Å²) in [6, 6.07) is 18.6. The van der Waals surface area contributed by atoms with E-state index in [-0.39, 0.29) is 0 Å². The van der Waals surface area contributed by atoms with E-state index in [1.807, 2.05) is 36.4 Å². The third-order valence-electron chi connectivity index (χ3n) is 5.08. The maximum Gasteiger partial charge on any atom is 0.123 e. The van der Waals surface area contributed by atoms with Crippen molar-refractivity contribution < 1.29 is 4.74 Å². The van der Waals surface area contributed by atoms with Crippen LogP contribution in [0.4, 0.5) is 0 Å². The highest BCUT2D eigenvalue weighted by atomic mass is 16.5. The van der Waals surface area contributed by atoms with Crippen LogP contribution < -0.4 is 10.1 Å². The fourth-order valence-electron chi connectivity index (χ4n) is 3.66. The number of nitrogens with one attached hydrogen (secondary N) is 1. The van der Waals surface area contributed by atoms with Crippen LogP contribution >= 0.6 is 0 Å². The van der Waals surface area contributed by atoms with Gasteiger partial charge in [-0.05, 0) is 49.7 Å². The second-order valence-electron chi connectivity index (χ2n) is 6.79. The molecule has 0 aromatic heterocycles. The number of nitrogens with zero attached hydrogens (tertiary/aromatic N) is 2. The van der Waals surface area contributed by atoms with Gasteiger partial charge in [0.25, 0.3) is 0 Å². The molecule has 4 heteroatoms. The lowest BCUT2D eigenvalue weighted by Crippen LogP contribution is -2.39. The van der Waals surface area contributed by atoms with Crippen LogP contribution in [0.25, 0.3) is 0 Å². The Balaban J connectivity index is 1.70. The quantitative estimate of drug-likeness (QED) is 0.824. The van der Waals surface area contributed by atoms with Gasteiger partial charge >= 0.3 is 0 Å². The molecule has 136 valence electrons. The summed E-state index contributed by atoms with van der Waals surface area (Å²) in [5.74, 6) is 0.961. The molecule has 1 heterocycles. The third kappa shape index (κ3) is 4.63. The van der Waals surface area contributed by atoms with Crippen LogP contribution in [0.3, 0.4) is 0 Å². The van der Waals surface area contributed by atoms with Gasteiger partial charge in [0.1, 0.15) is 5.75 Å². The summed E-state index contributed by atoms with van der Waals surface area (Å²) in [6.45, 7) is 3.95. The van der Waals surface area contributed by atoms with Crippen molar-refractivity contribution in [2.24, 2.45) is 0 Å². The minimum absolute atomic E-state index is 0.310. The SMILES string of the molecule is COc1ccccc1C(CNCc1ccc(C#N)cc1)N1CCCCC1. The van der Waals surface area contributed by atoms with Gasteiger partial charge in [0.05, 0.1) is 24.8 Å². The zero-order valence-electron chi connectivity index (χ0n) is 15.4. The van der Waals surface area contributed by atoms with Crippen LogP contribution in [0, 0.1) is 11.3 Å². The Morgan fingerprint density at radius 3 is 2.50 bits per heavy atom. The van der Waals surface area contributed by atoms with Gasteiger partial charge in [0, 0.05) is 18.7 Å². The molecule has 2 aromatic carbocycles. The Morgan fingerprint density at radius 1 is 1.08 bits per heavy atom. The van der Waals surface area contributed by atoms with Gasteiger partial charge in [0.15, 0.2) is 0 Å². The van der Waals surface area contributed by atoms with E-state index in [2.05, 4.69) is 28.4 Å². The molecule has 0 saturated carbocycles. The number of benzene rings is 2. The van der Waals surface area contributed by atoms with Gasteiger partial charge in [-0.15, -0.1) is 0 Å². The fraction of sp³-hybridized carbons (Fsp3) is 0.409. The number of para-hydroxylation sites is 1. The summed E-state index contributed by atoms with van der Waals surface area (Å²) in [5.41, 5.74) is 3.15. The van der Waals surface area contributed by atoms with Crippen molar-refractivity contribution in [1.29, 1.82) is 5.26 Å². The molecule has 26 heavy (non-hydrogen) atoms. The second-order valence-corrected chi connectivity index (χ2v) is 6.79. The van der Waals surface area contributed by atoms with E-state index >= 15 is 0 Å². The van der Waals surface area contributed by atoms with E-state index in [1.54, 1.807) is 7.11 Å². The molecule has 1 fully saturated rings. The number of nitriles is 1. The first kappa shape index (κ1) is 18.4. The maximum absolute atomic E-state index is 8.91. The van der Waals surface area contributed by atoms with Gasteiger partial charge in [-0.25, -0.2) is 0 Å². The first-order valence-corrected chi connectivity index (χ1v) is 9.38. The highest BCUT2D eigenvalue weighted by Gasteiger charge is 2.24. The largest absolute Gasteiger partial charge is 0.496 e. The minimum Gasteiger partial charge on any atom is -0.496 e. The molecule has 4 nitrogen and oxygen atoms in total. The van der Waals surface area contributed by atoms with Crippen molar-refractivity contribution in [1.82, 2.24) is 10.2 Å². The molecular weight excluding hydrogens is 322 g/mol. The second kappa shape index (κ2) is 9.38. The van der Waals surface area contributed by atoms with E-state index in [9.17, 15) is 0 Å². The molecule has 0 spiro atoms. The van der Waals surface area contributed by atoms with Crippen LogP contribution in [-0.4, -0.2) is 31.6 Å². The number of likely N-dealkylation sites (tertiary alicyclic amines) is 1. The Bertz CT molecular complexity index is 730. The zero-order chi connectivity index (χ0) is 18.2. The molecule has 0 radical (unpaired) electrons. The summed E-state index contributed by atoms with van der Waals surface area (Å²) < 4.78 is 5.62. The first-order valence-electron chi connectivity index (χ1n) is 9.38. The summed E-state index contributed by atoms with van der Waals surface area (Å²) >= 11 is 0. The van der Waals surface area contributed by atoms with E-state index in [4.69, 9.17) is 10.00 Å². The lowest BCUT2D eigenvalue weighted by atomic mass is 10.0. The normalized spacial score (nSPS) is 16.0. The monoisotopic (exact) mass is 349 g/mol. The number of methoxy groups -OCH3 is 1. The average molecular weight is 349 g/mol. The Hall–Kier alpha value is -2.35. The zero-order valence-corrected chi connectivity index (χ0v) is 15.4. The minimum atomic E-state index is 0.310. The predicted octanol–water partition coefficient (Wildman–Crippen LogP) is 3.88. The Morgan fingerprint density at radius 2 is 1.81 bits per heavy atom. The highest BCUT2D eigenvalue weighted by Crippen LogP contribution is 2.30. The van der Waals surface area contributed by atoms with Crippen LogP contribution in [-0.2, 0) is 6.54 Å². The van der Waals surface area contributed by atoms with Crippen molar-refractivity contribution in [3.05, 3.63) is 65.2 Å². The number of rotatable bonds is 7. The fourth-order valence-corrected chi connectivity index (χ4v) is 3.66. The molecule has 1 unspecified atom stereocenters. The Kier molecular flexibility index (Phi) is 6.65.